The van der Waals surface area contributed by atoms with Crippen LogP contribution >= 0.6 is 39.1 Å². The first-order valence-corrected chi connectivity index (χ1v) is 7.36. The third-order valence-electron chi connectivity index (χ3n) is 2.85. The zero-order valence-electron chi connectivity index (χ0n) is 10.5. The lowest BCUT2D eigenvalue weighted by Gasteiger charge is -2.19. The molecule has 0 aliphatic carbocycles. The second-order valence-electron chi connectivity index (χ2n) is 4.35. The summed E-state index contributed by atoms with van der Waals surface area (Å²) < 4.78 is 0.783. The Morgan fingerprint density at radius 1 is 1.10 bits per heavy atom. The first kappa shape index (κ1) is 15.3. The Morgan fingerprint density at radius 2 is 1.70 bits per heavy atom. The SMILES string of the molecule is CC(Nc1c(Cl)cc(Br)cc1Cl)c1cc(O)ccc1O. The molecule has 0 spiro atoms. The van der Waals surface area contributed by atoms with Crippen LogP contribution in [0.15, 0.2) is 34.8 Å². The molecule has 3 nitrogen and oxygen atoms in total. The largest absolute Gasteiger partial charge is 0.508 e. The Kier molecular flexibility index (Phi) is 4.68. The van der Waals surface area contributed by atoms with Crippen molar-refractivity contribution in [2.45, 2.75) is 13.0 Å². The molecule has 0 bridgehead atoms. The van der Waals surface area contributed by atoms with Crippen LogP contribution in [0.25, 0.3) is 0 Å². The first-order chi connectivity index (χ1) is 9.38. The minimum Gasteiger partial charge on any atom is -0.508 e. The fraction of sp³-hybridized carbons (Fsp3) is 0.143. The molecular weight excluding hydrogens is 365 g/mol. The summed E-state index contributed by atoms with van der Waals surface area (Å²) in [4.78, 5) is 0. The second kappa shape index (κ2) is 6.12. The minimum atomic E-state index is -0.279. The lowest BCUT2D eigenvalue weighted by Crippen LogP contribution is -2.07. The molecule has 6 heteroatoms. The molecule has 2 rings (SSSR count). The van der Waals surface area contributed by atoms with Crippen molar-refractivity contribution in [3.8, 4) is 11.5 Å². The summed E-state index contributed by atoms with van der Waals surface area (Å²) in [6, 6.07) is 7.53. The fourth-order valence-corrected chi connectivity index (χ4v) is 3.18. The Morgan fingerprint density at radius 3 is 2.30 bits per heavy atom. The van der Waals surface area contributed by atoms with Crippen molar-refractivity contribution in [2.24, 2.45) is 0 Å². The van der Waals surface area contributed by atoms with Crippen molar-refractivity contribution in [1.82, 2.24) is 0 Å². The van der Waals surface area contributed by atoms with E-state index in [0.717, 1.165) is 4.47 Å². The molecule has 0 heterocycles. The molecular formula is C14H12BrCl2NO2. The smallest absolute Gasteiger partial charge is 0.121 e. The molecule has 0 aliphatic rings. The van der Waals surface area contributed by atoms with Gasteiger partial charge in [-0.25, -0.2) is 0 Å². The molecule has 0 fully saturated rings. The van der Waals surface area contributed by atoms with E-state index in [0.29, 0.717) is 21.3 Å². The van der Waals surface area contributed by atoms with Gasteiger partial charge >= 0.3 is 0 Å². The molecule has 20 heavy (non-hydrogen) atoms. The highest BCUT2D eigenvalue weighted by atomic mass is 79.9. The predicted molar refractivity (Wildman–Crippen MR) is 86.0 cm³/mol. The average molecular weight is 377 g/mol. The summed E-state index contributed by atoms with van der Waals surface area (Å²) in [5, 5.41) is 23.4. The van der Waals surface area contributed by atoms with Crippen LogP contribution in [-0.2, 0) is 0 Å². The maximum absolute atomic E-state index is 9.84. The predicted octanol–water partition coefficient (Wildman–Crippen LogP) is 5.34. The third kappa shape index (κ3) is 3.32. The third-order valence-corrected chi connectivity index (χ3v) is 3.90. The molecule has 2 aromatic carbocycles. The highest BCUT2D eigenvalue weighted by molar-refractivity contribution is 9.10. The molecule has 0 saturated heterocycles. The quantitative estimate of drug-likeness (QED) is 0.633. The number of hydrogen-bond acceptors (Lipinski definition) is 3. The lowest BCUT2D eigenvalue weighted by molar-refractivity contribution is 0.451. The number of phenolic OH excluding ortho intramolecular Hbond substituents is 2. The van der Waals surface area contributed by atoms with E-state index < -0.39 is 0 Å². The average Bonchev–Trinajstić information content (AvgIpc) is 2.36. The van der Waals surface area contributed by atoms with Gasteiger partial charge in [0.1, 0.15) is 11.5 Å². The number of anilines is 1. The van der Waals surface area contributed by atoms with Gasteiger partial charge in [-0.05, 0) is 37.3 Å². The molecule has 3 N–H and O–H groups in total. The van der Waals surface area contributed by atoms with Gasteiger partial charge in [-0.3, -0.25) is 0 Å². The Labute approximate surface area is 135 Å². The van der Waals surface area contributed by atoms with Crippen molar-refractivity contribution in [3.63, 3.8) is 0 Å². The molecule has 0 saturated carbocycles. The summed E-state index contributed by atoms with van der Waals surface area (Å²) in [6.45, 7) is 1.84. The van der Waals surface area contributed by atoms with E-state index in [9.17, 15) is 10.2 Å². The van der Waals surface area contributed by atoms with Gasteiger partial charge in [0.2, 0.25) is 0 Å². The van der Waals surface area contributed by atoms with Gasteiger partial charge in [0.25, 0.3) is 0 Å². The van der Waals surface area contributed by atoms with Crippen molar-refractivity contribution < 1.29 is 10.2 Å². The van der Waals surface area contributed by atoms with E-state index in [1.165, 1.54) is 18.2 Å². The molecule has 0 radical (unpaired) electrons. The number of rotatable bonds is 3. The first-order valence-electron chi connectivity index (χ1n) is 5.81. The lowest BCUT2D eigenvalue weighted by atomic mass is 10.1. The van der Waals surface area contributed by atoms with E-state index in [4.69, 9.17) is 23.2 Å². The summed E-state index contributed by atoms with van der Waals surface area (Å²) in [6.07, 6.45) is 0. The fourth-order valence-electron chi connectivity index (χ4n) is 1.86. The van der Waals surface area contributed by atoms with Crippen LogP contribution in [-0.4, -0.2) is 10.2 Å². The number of aromatic hydroxyl groups is 2. The standard InChI is InChI=1S/C14H12BrCl2NO2/c1-7(10-6-9(19)2-3-13(10)20)18-14-11(16)4-8(15)5-12(14)17/h2-7,18-20H,1H3. The van der Waals surface area contributed by atoms with Gasteiger partial charge in [0, 0.05) is 10.0 Å². The van der Waals surface area contributed by atoms with Crippen molar-refractivity contribution in [1.29, 1.82) is 0 Å². The van der Waals surface area contributed by atoms with Gasteiger partial charge in [-0.1, -0.05) is 39.1 Å². The maximum atomic E-state index is 9.84. The molecule has 1 unspecified atom stereocenters. The number of phenols is 2. The van der Waals surface area contributed by atoms with E-state index in [-0.39, 0.29) is 17.5 Å². The highest BCUT2D eigenvalue weighted by Gasteiger charge is 2.15. The maximum Gasteiger partial charge on any atom is 0.121 e. The van der Waals surface area contributed by atoms with Gasteiger partial charge in [-0.2, -0.15) is 0 Å². The van der Waals surface area contributed by atoms with Crippen LogP contribution in [0, 0.1) is 0 Å². The monoisotopic (exact) mass is 375 g/mol. The number of halogens is 3. The zero-order chi connectivity index (χ0) is 14.9. The normalized spacial score (nSPS) is 12.2. The van der Waals surface area contributed by atoms with Gasteiger partial charge < -0.3 is 15.5 Å². The Hall–Kier alpha value is -1.10. The van der Waals surface area contributed by atoms with E-state index >= 15 is 0 Å². The Balaban J connectivity index is 2.32. The molecule has 1 atom stereocenters. The van der Waals surface area contributed by atoms with Crippen LogP contribution in [0.5, 0.6) is 11.5 Å². The molecule has 2 aromatic rings. The van der Waals surface area contributed by atoms with Crippen molar-refractivity contribution in [3.05, 3.63) is 50.4 Å². The van der Waals surface area contributed by atoms with Gasteiger partial charge in [0.05, 0.1) is 21.8 Å². The van der Waals surface area contributed by atoms with Crippen LogP contribution < -0.4 is 5.32 Å². The van der Waals surface area contributed by atoms with Gasteiger partial charge in [-0.15, -0.1) is 0 Å². The van der Waals surface area contributed by atoms with Crippen LogP contribution in [0.3, 0.4) is 0 Å². The molecule has 0 aliphatic heterocycles. The van der Waals surface area contributed by atoms with Crippen molar-refractivity contribution in [2.75, 3.05) is 5.32 Å². The molecule has 0 amide bonds. The number of hydrogen-bond donors (Lipinski definition) is 3. The molecule has 106 valence electrons. The summed E-state index contributed by atoms with van der Waals surface area (Å²) >= 11 is 15.6. The second-order valence-corrected chi connectivity index (χ2v) is 6.08. The topological polar surface area (TPSA) is 52.5 Å². The van der Waals surface area contributed by atoms with Crippen molar-refractivity contribution >= 4 is 44.8 Å². The van der Waals surface area contributed by atoms with Crippen LogP contribution in [0.4, 0.5) is 5.69 Å². The molecule has 0 aromatic heterocycles. The van der Waals surface area contributed by atoms with Crippen LogP contribution in [0.2, 0.25) is 10.0 Å². The van der Waals surface area contributed by atoms with E-state index in [1.807, 2.05) is 6.92 Å². The Bertz CT molecular complexity index is 626. The van der Waals surface area contributed by atoms with Gasteiger partial charge in [0.15, 0.2) is 0 Å². The minimum absolute atomic E-state index is 0.0828. The number of nitrogens with one attached hydrogen (secondary N) is 1. The summed E-state index contributed by atoms with van der Waals surface area (Å²) in [5.74, 6) is 0.173. The highest BCUT2D eigenvalue weighted by Crippen LogP contribution is 2.37. The van der Waals surface area contributed by atoms with E-state index in [2.05, 4.69) is 21.2 Å². The number of benzene rings is 2. The zero-order valence-corrected chi connectivity index (χ0v) is 13.6. The van der Waals surface area contributed by atoms with E-state index in [1.54, 1.807) is 12.1 Å². The van der Waals surface area contributed by atoms with Crippen LogP contribution in [0.1, 0.15) is 18.5 Å². The summed E-state index contributed by atoms with van der Waals surface area (Å²) in [5.41, 5.74) is 1.13. The summed E-state index contributed by atoms with van der Waals surface area (Å²) in [7, 11) is 0.